The van der Waals surface area contributed by atoms with Gasteiger partial charge in [-0.25, -0.2) is 0 Å². The zero-order valence-corrected chi connectivity index (χ0v) is 14.8. The van der Waals surface area contributed by atoms with Gasteiger partial charge in [0.15, 0.2) is 23.0 Å². The maximum Gasteiger partial charge on any atom is 0.244 e. The van der Waals surface area contributed by atoms with E-state index in [1.165, 1.54) is 6.08 Å². The van der Waals surface area contributed by atoms with E-state index in [1.54, 1.807) is 26.4 Å². The quantitative estimate of drug-likeness (QED) is 0.774. The smallest absolute Gasteiger partial charge is 0.244 e. The molecule has 0 fully saturated rings. The molecule has 1 aliphatic heterocycles. The van der Waals surface area contributed by atoms with Crippen molar-refractivity contribution < 1.29 is 23.7 Å². The van der Waals surface area contributed by atoms with Gasteiger partial charge in [0.1, 0.15) is 0 Å². The molecule has 0 spiro atoms. The summed E-state index contributed by atoms with van der Waals surface area (Å²) in [6.45, 7) is 0.797. The minimum atomic E-state index is -0.152. The Hall–Kier alpha value is -3.15. The Kier molecular flexibility index (Phi) is 5.63. The fourth-order valence-electron chi connectivity index (χ4n) is 2.61. The number of benzene rings is 2. The van der Waals surface area contributed by atoms with E-state index < -0.39 is 0 Å². The fourth-order valence-corrected chi connectivity index (χ4v) is 2.61. The maximum absolute atomic E-state index is 12.0. The van der Waals surface area contributed by atoms with Crippen LogP contribution in [0.1, 0.15) is 11.1 Å². The first-order valence-electron chi connectivity index (χ1n) is 8.26. The lowest BCUT2D eigenvalue weighted by Gasteiger charge is -2.07. The zero-order valence-electron chi connectivity index (χ0n) is 14.8. The van der Waals surface area contributed by atoms with Gasteiger partial charge in [0.25, 0.3) is 0 Å². The van der Waals surface area contributed by atoms with Gasteiger partial charge in [-0.15, -0.1) is 0 Å². The molecular formula is C20H21NO5. The van der Waals surface area contributed by atoms with E-state index >= 15 is 0 Å². The van der Waals surface area contributed by atoms with Crippen molar-refractivity contribution in [2.75, 3.05) is 27.6 Å². The van der Waals surface area contributed by atoms with Gasteiger partial charge in [-0.05, 0) is 47.9 Å². The number of amides is 1. The first kappa shape index (κ1) is 17.7. The number of fused-ring (bicyclic) bond motifs is 1. The molecule has 0 saturated carbocycles. The molecule has 136 valence electrons. The molecule has 3 rings (SSSR count). The molecule has 0 bridgehead atoms. The van der Waals surface area contributed by atoms with E-state index in [0.29, 0.717) is 24.5 Å². The summed E-state index contributed by atoms with van der Waals surface area (Å²) < 4.78 is 21.1. The molecule has 6 heteroatoms. The van der Waals surface area contributed by atoms with E-state index in [2.05, 4.69) is 5.32 Å². The highest BCUT2D eigenvalue weighted by molar-refractivity contribution is 5.91. The molecule has 0 atom stereocenters. The van der Waals surface area contributed by atoms with Crippen molar-refractivity contribution >= 4 is 12.0 Å². The molecule has 1 aliphatic rings. The lowest BCUT2D eigenvalue weighted by atomic mass is 10.1. The van der Waals surface area contributed by atoms with Crippen LogP contribution in [0.15, 0.2) is 42.5 Å². The van der Waals surface area contributed by atoms with Gasteiger partial charge in [-0.1, -0.05) is 12.1 Å². The van der Waals surface area contributed by atoms with Crippen LogP contribution in [0.4, 0.5) is 0 Å². The SMILES string of the molecule is COc1ccc(C=CC(=O)NCCc2ccc3c(c2)OCO3)cc1OC. The Morgan fingerprint density at radius 1 is 1.08 bits per heavy atom. The number of nitrogens with one attached hydrogen (secondary N) is 1. The summed E-state index contributed by atoms with van der Waals surface area (Å²) >= 11 is 0. The third kappa shape index (κ3) is 4.27. The van der Waals surface area contributed by atoms with Crippen LogP contribution in [-0.4, -0.2) is 33.5 Å². The molecule has 26 heavy (non-hydrogen) atoms. The number of rotatable bonds is 7. The zero-order chi connectivity index (χ0) is 18.4. The average molecular weight is 355 g/mol. The Labute approximate surface area is 152 Å². The predicted octanol–water partition coefficient (Wildman–Crippen LogP) is 2.80. The average Bonchev–Trinajstić information content (AvgIpc) is 3.14. The van der Waals surface area contributed by atoms with Crippen molar-refractivity contribution in [3.8, 4) is 23.0 Å². The Morgan fingerprint density at radius 2 is 1.88 bits per heavy atom. The lowest BCUT2D eigenvalue weighted by Crippen LogP contribution is -2.23. The van der Waals surface area contributed by atoms with Crippen molar-refractivity contribution in [1.29, 1.82) is 0 Å². The molecule has 1 N–H and O–H groups in total. The summed E-state index contributed by atoms with van der Waals surface area (Å²) in [6.07, 6.45) is 3.95. The highest BCUT2D eigenvalue weighted by atomic mass is 16.7. The maximum atomic E-state index is 12.0. The molecule has 2 aromatic rings. The number of methoxy groups -OCH3 is 2. The third-order valence-corrected chi connectivity index (χ3v) is 3.98. The van der Waals surface area contributed by atoms with Crippen LogP contribution in [0.3, 0.4) is 0 Å². The standard InChI is InChI=1S/C20H21NO5/c1-23-16-6-3-14(11-18(16)24-2)5-8-20(22)21-10-9-15-4-7-17-19(12-15)26-13-25-17/h3-8,11-12H,9-10,13H2,1-2H3,(H,21,22). The molecule has 0 unspecified atom stereocenters. The highest BCUT2D eigenvalue weighted by Crippen LogP contribution is 2.32. The van der Waals surface area contributed by atoms with Gasteiger partial charge >= 0.3 is 0 Å². The Balaban J connectivity index is 1.50. The van der Waals surface area contributed by atoms with Crippen LogP contribution in [0.5, 0.6) is 23.0 Å². The topological polar surface area (TPSA) is 66.0 Å². The summed E-state index contributed by atoms with van der Waals surface area (Å²) in [6, 6.07) is 11.3. The van der Waals surface area contributed by atoms with E-state index in [4.69, 9.17) is 18.9 Å². The Morgan fingerprint density at radius 3 is 2.69 bits per heavy atom. The van der Waals surface area contributed by atoms with Gasteiger partial charge in [-0.2, -0.15) is 0 Å². The molecule has 1 amide bonds. The second-order valence-corrected chi connectivity index (χ2v) is 5.68. The number of hydrogen-bond donors (Lipinski definition) is 1. The van der Waals surface area contributed by atoms with Crippen molar-refractivity contribution in [1.82, 2.24) is 5.32 Å². The van der Waals surface area contributed by atoms with Crippen molar-refractivity contribution in [3.63, 3.8) is 0 Å². The van der Waals surface area contributed by atoms with Crippen LogP contribution in [-0.2, 0) is 11.2 Å². The second kappa shape index (κ2) is 8.29. The third-order valence-electron chi connectivity index (χ3n) is 3.98. The fraction of sp³-hybridized carbons (Fsp3) is 0.250. The van der Waals surface area contributed by atoms with E-state index in [0.717, 1.165) is 22.6 Å². The van der Waals surface area contributed by atoms with Crippen LogP contribution in [0.25, 0.3) is 6.08 Å². The van der Waals surface area contributed by atoms with Crippen molar-refractivity contribution in [2.45, 2.75) is 6.42 Å². The number of ether oxygens (including phenoxy) is 4. The molecule has 2 aromatic carbocycles. The van der Waals surface area contributed by atoms with Crippen molar-refractivity contribution in [2.24, 2.45) is 0 Å². The summed E-state index contributed by atoms with van der Waals surface area (Å²) in [5.41, 5.74) is 1.94. The van der Waals surface area contributed by atoms with Gasteiger partial charge in [0, 0.05) is 12.6 Å². The van der Waals surface area contributed by atoms with E-state index in [9.17, 15) is 4.79 Å². The summed E-state index contributed by atoms with van der Waals surface area (Å²) in [4.78, 5) is 12.0. The minimum Gasteiger partial charge on any atom is -0.493 e. The van der Waals surface area contributed by atoms with Crippen LogP contribution < -0.4 is 24.3 Å². The summed E-state index contributed by atoms with van der Waals surface area (Å²) in [5.74, 6) is 2.63. The van der Waals surface area contributed by atoms with Crippen LogP contribution in [0, 0.1) is 0 Å². The molecule has 6 nitrogen and oxygen atoms in total. The van der Waals surface area contributed by atoms with Crippen LogP contribution >= 0.6 is 0 Å². The van der Waals surface area contributed by atoms with Gasteiger partial charge in [0.05, 0.1) is 14.2 Å². The van der Waals surface area contributed by atoms with Gasteiger partial charge < -0.3 is 24.3 Å². The molecule has 0 saturated heterocycles. The van der Waals surface area contributed by atoms with Crippen molar-refractivity contribution in [3.05, 3.63) is 53.6 Å². The second-order valence-electron chi connectivity index (χ2n) is 5.68. The van der Waals surface area contributed by atoms with Crippen LogP contribution in [0.2, 0.25) is 0 Å². The molecule has 0 aliphatic carbocycles. The Bertz CT molecular complexity index is 816. The molecular weight excluding hydrogens is 334 g/mol. The summed E-state index contributed by atoms with van der Waals surface area (Å²) in [7, 11) is 3.16. The molecule has 0 radical (unpaired) electrons. The van der Waals surface area contributed by atoms with Gasteiger partial charge in [0.2, 0.25) is 12.7 Å². The monoisotopic (exact) mass is 355 g/mol. The first-order valence-corrected chi connectivity index (χ1v) is 8.26. The molecule has 0 aromatic heterocycles. The normalized spacial score (nSPS) is 12.2. The number of carbonyl (C=O) groups is 1. The highest BCUT2D eigenvalue weighted by Gasteiger charge is 2.12. The minimum absolute atomic E-state index is 0.152. The molecule has 1 heterocycles. The lowest BCUT2D eigenvalue weighted by molar-refractivity contribution is -0.116. The first-order chi connectivity index (χ1) is 12.7. The van der Waals surface area contributed by atoms with E-state index in [-0.39, 0.29) is 12.7 Å². The number of hydrogen-bond acceptors (Lipinski definition) is 5. The number of carbonyl (C=O) groups excluding carboxylic acids is 1. The van der Waals surface area contributed by atoms with E-state index in [1.807, 2.05) is 30.3 Å². The predicted molar refractivity (Wildman–Crippen MR) is 97.9 cm³/mol. The largest absolute Gasteiger partial charge is 0.493 e. The van der Waals surface area contributed by atoms with Gasteiger partial charge in [-0.3, -0.25) is 4.79 Å². The summed E-state index contributed by atoms with van der Waals surface area (Å²) in [5, 5.41) is 2.87.